The number of amides is 1. The minimum atomic E-state index is -1.58. The van der Waals surface area contributed by atoms with E-state index in [2.05, 4.69) is 31.3 Å². The van der Waals surface area contributed by atoms with E-state index in [-0.39, 0.29) is 37.6 Å². The summed E-state index contributed by atoms with van der Waals surface area (Å²) in [5, 5.41) is 15.8. The molecule has 0 radical (unpaired) electrons. The molecule has 0 spiro atoms. The zero-order chi connectivity index (χ0) is 32.5. The number of azide groups is 1. The summed E-state index contributed by atoms with van der Waals surface area (Å²) in [4.78, 5) is 22.3. The number of hydrogen-bond donors (Lipinski definition) is 2. The van der Waals surface area contributed by atoms with Gasteiger partial charge in [0.05, 0.1) is 6.61 Å². The van der Waals surface area contributed by atoms with Crippen molar-refractivity contribution in [1.29, 1.82) is 0 Å². The summed E-state index contributed by atoms with van der Waals surface area (Å²) in [5.41, 5.74) is 10.2. The highest BCUT2D eigenvalue weighted by Gasteiger charge is 2.53. The fourth-order valence-electron chi connectivity index (χ4n) is 5.25. The molecule has 5 rings (SSSR count). The number of aliphatic imine (C=N–C) groups is 1. The van der Waals surface area contributed by atoms with Crippen LogP contribution >= 0.6 is 15.9 Å². The first-order chi connectivity index (χ1) is 22.3. The minimum absolute atomic E-state index is 0.0169. The molecule has 1 aliphatic heterocycles. The normalized spacial score (nSPS) is 17.0. The highest BCUT2D eigenvalue weighted by atomic mass is 79.9. The quantitative estimate of drug-likeness (QED) is 0.0661. The van der Waals surface area contributed by atoms with E-state index in [1.54, 1.807) is 48.5 Å². The van der Waals surface area contributed by atoms with Crippen LogP contribution < -0.4 is 10.1 Å². The standard InChI is InChI=1S/C34H30BrF2N5O4/c35-25-10-6-22(7-11-25)21-34(33(44)39-15-14-23-18-26(36)20-27(37)19-23)31(29-4-1-2-5-30(29)41-42-38)46-32(40-34)24-8-12-28(13-9-24)45-17-3-16-43/h1-2,4-13,18-20,31,43H,3,14-17,21H2,(H,39,44)/t31-,34-/m1/s1. The smallest absolute Gasteiger partial charge is 0.252 e. The van der Waals surface area contributed by atoms with E-state index < -0.39 is 29.2 Å². The Labute approximate surface area is 272 Å². The number of halogens is 3. The number of hydrogen-bond acceptors (Lipinski definition) is 6. The molecule has 0 bridgehead atoms. The summed E-state index contributed by atoms with van der Waals surface area (Å²) in [6.07, 6.45) is -0.239. The van der Waals surface area contributed by atoms with Gasteiger partial charge >= 0.3 is 0 Å². The SMILES string of the molecule is [N-]=[N+]=Nc1ccccc1[C@H]1OC(c2ccc(OCCCO)cc2)=N[C@@]1(Cc1ccc(Br)cc1)C(=O)NCCc1cc(F)cc(F)c1. The van der Waals surface area contributed by atoms with Crippen molar-refractivity contribution < 1.29 is 28.2 Å². The van der Waals surface area contributed by atoms with Crippen LogP contribution in [0.25, 0.3) is 10.4 Å². The van der Waals surface area contributed by atoms with Gasteiger partial charge in [-0.1, -0.05) is 57.4 Å². The largest absolute Gasteiger partial charge is 0.494 e. The Hall–Kier alpha value is -4.77. The van der Waals surface area contributed by atoms with Crippen molar-refractivity contribution in [3.63, 3.8) is 0 Å². The van der Waals surface area contributed by atoms with Crippen LogP contribution in [0.3, 0.4) is 0 Å². The molecule has 12 heteroatoms. The first kappa shape index (κ1) is 32.6. The zero-order valence-electron chi connectivity index (χ0n) is 24.6. The molecule has 1 aliphatic rings. The fraction of sp³-hybridized carbons (Fsp3) is 0.235. The lowest BCUT2D eigenvalue weighted by molar-refractivity contribution is -0.128. The van der Waals surface area contributed by atoms with Crippen LogP contribution in [0.2, 0.25) is 0 Å². The summed E-state index contributed by atoms with van der Waals surface area (Å²) < 4.78 is 40.7. The van der Waals surface area contributed by atoms with Gasteiger partial charge in [-0.3, -0.25) is 4.79 Å². The summed E-state index contributed by atoms with van der Waals surface area (Å²) in [6, 6.07) is 24.5. The molecule has 1 heterocycles. The number of nitrogens with one attached hydrogen (secondary N) is 1. The number of carbonyl (C=O) groups excluding carboxylic acids is 1. The molecule has 46 heavy (non-hydrogen) atoms. The monoisotopic (exact) mass is 689 g/mol. The summed E-state index contributed by atoms with van der Waals surface area (Å²) in [5.74, 6) is -1.10. The zero-order valence-corrected chi connectivity index (χ0v) is 26.2. The lowest BCUT2D eigenvalue weighted by atomic mass is 9.81. The number of aliphatic hydroxyl groups excluding tert-OH is 1. The van der Waals surface area contributed by atoms with Crippen LogP contribution in [0, 0.1) is 11.6 Å². The van der Waals surface area contributed by atoms with Crippen molar-refractivity contribution in [1.82, 2.24) is 5.32 Å². The molecule has 2 atom stereocenters. The van der Waals surface area contributed by atoms with Crippen LogP contribution in [0.15, 0.2) is 106 Å². The molecule has 236 valence electrons. The third-order valence-corrected chi connectivity index (χ3v) is 7.94. The van der Waals surface area contributed by atoms with E-state index in [1.807, 2.05) is 24.3 Å². The van der Waals surface area contributed by atoms with E-state index in [9.17, 15) is 19.1 Å². The van der Waals surface area contributed by atoms with E-state index in [0.29, 0.717) is 35.5 Å². The van der Waals surface area contributed by atoms with Gasteiger partial charge in [0.2, 0.25) is 5.90 Å². The van der Waals surface area contributed by atoms with Crippen LogP contribution in [0.1, 0.15) is 34.8 Å². The summed E-state index contributed by atoms with van der Waals surface area (Å²) in [7, 11) is 0. The van der Waals surface area contributed by atoms with Gasteiger partial charge in [-0.05, 0) is 71.6 Å². The van der Waals surface area contributed by atoms with Crippen molar-refractivity contribution in [2.45, 2.75) is 30.9 Å². The van der Waals surface area contributed by atoms with Crippen LogP contribution in [0.5, 0.6) is 5.75 Å². The third kappa shape index (κ3) is 7.71. The van der Waals surface area contributed by atoms with E-state index in [4.69, 9.17) is 19.6 Å². The van der Waals surface area contributed by atoms with Crippen LogP contribution in [0.4, 0.5) is 14.5 Å². The van der Waals surface area contributed by atoms with Crippen molar-refractivity contribution in [2.24, 2.45) is 10.1 Å². The highest BCUT2D eigenvalue weighted by molar-refractivity contribution is 9.10. The fourth-order valence-corrected chi connectivity index (χ4v) is 5.51. The number of ether oxygens (including phenoxy) is 2. The van der Waals surface area contributed by atoms with Crippen molar-refractivity contribution in [2.75, 3.05) is 19.8 Å². The molecule has 0 fully saturated rings. The van der Waals surface area contributed by atoms with Gasteiger partial charge in [-0.2, -0.15) is 0 Å². The Morgan fingerprint density at radius 1 is 1.04 bits per heavy atom. The van der Waals surface area contributed by atoms with Gasteiger partial charge in [-0.15, -0.1) is 0 Å². The van der Waals surface area contributed by atoms with Gasteiger partial charge in [0, 0.05) is 58.3 Å². The Morgan fingerprint density at radius 3 is 2.46 bits per heavy atom. The number of carbonyl (C=O) groups is 1. The molecular weight excluding hydrogens is 660 g/mol. The lowest BCUT2D eigenvalue weighted by Gasteiger charge is -2.31. The van der Waals surface area contributed by atoms with E-state index in [1.165, 1.54) is 12.1 Å². The molecule has 0 saturated carbocycles. The maximum absolute atomic E-state index is 14.4. The summed E-state index contributed by atoms with van der Waals surface area (Å²) >= 11 is 3.45. The highest BCUT2D eigenvalue weighted by Crippen LogP contribution is 2.45. The Bertz CT molecular complexity index is 1740. The second kappa shape index (κ2) is 15.0. The van der Waals surface area contributed by atoms with Gasteiger partial charge in [-0.25, -0.2) is 13.8 Å². The molecule has 2 N–H and O–H groups in total. The van der Waals surface area contributed by atoms with Crippen LogP contribution in [-0.2, 0) is 22.4 Å². The number of aliphatic hydroxyl groups is 1. The Kier molecular flexibility index (Phi) is 10.6. The van der Waals surface area contributed by atoms with Crippen LogP contribution in [-0.4, -0.2) is 42.2 Å². The molecule has 1 amide bonds. The molecule has 0 unspecified atom stereocenters. The van der Waals surface area contributed by atoms with Crippen molar-refractivity contribution in [3.05, 3.63) is 140 Å². The first-order valence-electron chi connectivity index (χ1n) is 14.5. The van der Waals surface area contributed by atoms with E-state index >= 15 is 0 Å². The average molecular weight is 691 g/mol. The molecule has 9 nitrogen and oxygen atoms in total. The molecule has 0 aliphatic carbocycles. The minimum Gasteiger partial charge on any atom is -0.494 e. The van der Waals surface area contributed by atoms with Gasteiger partial charge < -0.3 is 19.9 Å². The second-order valence-electron chi connectivity index (χ2n) is 10.6. The topological polar surface area (TPSA) is 129 Å². The van der Waals surface area contributed by atoms with E-state index in [0.717, 1.165) is 16.1 Å². The predicted octanol–water partition coefficient (Wildman–Crippen LogP) is 7.29. The molecule has 0 saturated heterocycles. The molecular formula is C34H30BrF2N5O4. The maximum atomic E-state index is 14.4. The predicted molar refractivity (Wildman–Crippen MR) is 173 cm³/mol. The third-order valence-electron chi connectivity index (χ3n) is 7.41. The van der Waals surface area contributed by atoms with Crippen molar-refractivity contribution >= 4 is 33.4 Å². The first-order valence-corrected chi connectivity index (χ1v) is 15.3. The second-order valence-corrected chi connectivity index (χ2v) is 11.5. The van der Waals surface area contributed by atoms with Gasteiger partial charge in [0.15, 0.2) is 11.6 Å². The Balaban J connectivity index is 1.56. The maximum Gasteiger partial charge on any atom is 0.252 e. The Morgan fingerprint density at radius 2 is 1.76 bits per heavy atom. The number of benzene rings is 4. The number of rotatable bonds is 13. The summed E-state index contributed by atoms with van der Waals surface area (Å²) in [6.45, 7) is 0.437. The van der Waals surface area contributed by atoms with Gasteiger partial charge in [0.1, 0.15) is 17.4 Å². The molecule has 4 aromatic rings. The van der Waals surface area contributed by atoms with Crippen molar-refractivity contribution in [3.8, 4) is 5.75 Å². The van der Waals surface area contributed by atoms with Gasteiger partial charge in [0.25, 0.3) is 5.91 Å². The lowest BCUT2D eigenvalue weighted by Crippen LogP contribution is -2.50. The molecule has 4 aromatic carbocycles. The number of nitrogens with zero attached hydrogens (tertiary/aromatic N) is 4. The average Bonchev–Trinajstić information content (AvgIpc) is 3.43. The molecule has 0 aromatic heterocycles.